The van der Waals surface area contributed by atoms with E-state index in [2.05, 4.69) is 18.0 Å². The third-order valence-electron chi connectivity index (χ3n) is 2.94. The predicted molar refractivity (Wildman–Crippen MR) is 84.1 cm³/mol. The van der Waals surface area contributed by atoms with E-state index in [1.54, 1.807) is 23.1 Å². The number of thioether (sulfide) groups is 1. The topological polar surface area (TPSA) is 30.0 Å². The van der Waals surface area contributed by atoms with E-state index in [9.17, 15) is 4.79 Å². The van der Waals surface area contributed by atoms with Crippen LogP contribution in [0, 0.1) is 0 Å². The SMILES string of the molecule is CCCCCCC(=O)CSc1nc2ccccc2s1. The Hall–Kier alpha value is -0.870. The maximum atomic E-state index is 11.8. The van der Waals surface area contributed by atoms with E-state index in [1.807, 2.05) is 18.2 Å². The standard InChI is InChI=1S/C15H19NOS2/c1-2-3-4-5-8-12(17)11-18-15-16-13-9-6-7-10-14(13)19-15/h6-7,9-10H,2-5,8,11H2,1H3. The van der Waals surface area contributed by atoms with Crippen LogP contribution in [0.15, 0.2) is 28.6 Å². The van der Waals surface area contributed by atoms with Crippen LogP contribution in [-0.4, -0.2) is 16.5 Å². The summed E-state index contributed by atoms with van der Waals surface area (Å²) in [6, 6.07) is 8.11. The molecule has 0 amide bonds. The zero-order chi connectivity index (χ0) is 13.5. The Kier molecular flexibility index (Phi) is 5.86. The summed E-state index contributed by atoms with van der Waals surface area (Å²) in [4.78, 5) is 16.3. The van der Waals surface area contributed by atoms with Crippen molar-refractivity contribution in [2.24, 2.45) is 0 Å². The molecule has 0 unspecified atom stereocenters. The van der Waals surface area contributed by atoms with Crippen LogP contribution in [-0.2, 0) is 4.79 Å². The van der Waals surface area contributed by atoms with E-state index in [0.717, 1.165) is 22.7 Å². The largest absolute Gasteiger partial charge is 0.299 e. The van der Waals surface area contributed by atoms with Crippen LogP contribution in [0.25, 0.3) is 10.2 Å². The van der Waals surface area contributed by atoms with Crippen molar-refractivity contribution in [2.45, 2.75) is 43.4 Å². The zero-order valence-corrected chi connectivity index (χ0v) is 12.9. The van der Waals surface area contributed by atoms with Gasteiger partial charge in [-0.2, -0.15) is 0 Å². The summed E-state index contributed by atoms with van der Waals surface area (Å²) in [6.07, 6.45) is 5.38. The highest BCUT2D eigenvalue weighted by atomic mass is 32.2. The number of nitrogens with zero attached hydrogens (tertiary/aromatic N) is 1. The second-order valence-corrected chi connectivity index (χ2v) is 6.84. The fraction of sp³-hybridized carbons (Fsp3) is 0.467. The Balaban J connectivity index is 1.77. The highest BCUT2D eigenvalue weighted by Crippen LogP contribution is 2.29. The smallest absolute Gasteiger partial charge is 0.151 e. The normalized spacial score (nSPS) is 11.0. The molecule has 1 aromatic heterocycles. The first-order valence-electron chi connectivity index (χ1n) is 6.79. The van der Waals surface area contributed by atoms with Crippen molar-refractivity contribution in [3.05, 3.63) is 24.3 Å². The minimum atomic E-state index is 0.348. The fourth-order valence-corrected chi connectivity index (χ4v) is 3.85. The highest BCUT2D eigenvalue weighted by Gasteiger charge is 2.07. The molecule has 1 aromatic carbocycles. The first-order valence-corrected chi connectivity index (χ1v) is 8.60. The zero-order valence-electron chi connectivity index (χ0n) is 11.2. The van der Waals surface area contributed by atoms with Gasteiger partial charge in [0.1, 0.15) is 5.78 Å². The maximum Gasteiger partial charge on any atom is 0.151 e. The molecule has 102 valence electrons. The van der Waals surface area contributed by atoms with Gasteiger partial charge in [-0.1, -0.05) is 50.1 Å². The van der Waals surface area contributed by atoms with E-state index < -0.39 is 0 Å². The van der Waals surface area contributed by atoms with Gasteiger partial charge in [-0.05, 0) is 18.6 Å². The molecule has 2 aromatic rings. The van der Waals surface area contributed by atoms with Crippen molar-refractivity contribution in [1.29, 1.82) is 0 Å². The molecule has 0 aliphatic carbocycles. The predicted octanol–water partition coefficient (Wildman–Crippen LogP) is 4.93. The fourth-order valence-electron chi connectivity index (χ4n) is 1.88. The molecule has 1 heterocycles. The Morgan fingerprint density at radius 1 is 1.26 bits per heavy atom. The number of para-hydroxylation sites is 1. The van der Waals surface area contributed by atoms with Gasteiger partial charge in [0.15, 0.2) is 4.34 Å². The van der Waals surface area contributed by atoms with E-state index in [0.29, 0.717) is 11.5 Å². The van der Waals surface area contributed by atoms with E-state index in [1.165, 1.54) is 24.0 Å². The average Bonchev–Trinajstić information content (AvgIpc) is 2.84. The number of ketones is 1. The molecule has 0 fully saturated rings. The molecule has 0 atom stereocenters. The lowest BCUT2D eigenvalue weighted by molar-refractivity contribution is -0.116. The molecular weight excluding hydrogens is 274 g/mol. The third-order valence-corrected chi connectivity index (χ3v) is 5.18. The number of thiazole rings is 1. The monoisotopic (exact) mass is 293 g/mol. The summed E-state index contributed by atoms with van der Waals surface area (Å²) >= 11 is 3.25. The van der Waals surface area contributed by atoms with Gasteiger partial charge in [0.25, 0.3) is 0 Å². The molecule has 0 bridgehead atoms. The summed E-state index contributed by atoms with van der Waals surface area (Å²) < 4.78 is 2.20. The molecule has 0 aliphatic heterocycles. The van der Waals surface area contributed by atoms with Gasteiger partial charge in [-0.25, -0.2) is 4.98 Å². The number of carbonyl (C=O) groups excluding carboxylic acids is 1. The molecule has 0 radical (unpaired) electrons. The van der Waals surface area contributed by atoms with Crippen molar-refractivity contribution in [3.8, 4) is 0 Å². The Bertz CT molecular complexity index is 503. The Morgan fingerprint density at radius 3 is 2.89 bits per heavy atom. The number of hydrogen-bond acceptors (Lipinski definition) is 4. The number of rotatable bonds is 8. The van der Waals surface area contributed by atoms with Gasteiger partial charge in [0.05, 0.1) is 16.0 Å². The van der Waals surface area contributed by atoms with Crippen molar-refractivity contribution in [2.75, 3.05) is 5.75 Å². The molecule has 4 heteroatoms. The second-order valence-electron chi connectivity index (χ2n) is 4.59. The lowest BCUT2D eigenvalue weighted by atomic mass is 10.1. The number of Topliss-reactive ketones (excluding diaryl/α,β-unsaturated/α-hetero) is 1. The molecule has 0 aliphatic rings. The Morgan fingerprint density at radius 2 is 2.11 bits per heavy atom. The van der Waals surface area contributed by atoms with Gasteiger partial charge in [0.2, 0.25) is 0 Å². The lowest BCUT2D eigenvalue weighted by Gasteiger charge is -1.99. The number of aromatic nitrogens is 1. The molecule has 0 spiro atoms. The number of benzene rings is 1. The molecule has 2 nitrogen and oxygen atoms in total. The van der Waals surface area contributed by atoms with Gasteiger partial charge >= 0.3 is 0 Å². The van der Waals surface area contributed by atoms with E-state index in [-0.39, 0.29) is 0 Å². The maximum absolute atomic E-state index is 11.8. The number of hydrogen-bond donors (Lipinski definition) is 0. The van der Waals surface area contributed by atoms with Crippen molar-refractivity contribution >= 4 is 39.1 Å². The molecule has 19 heavy (non-hydrogen) atoms. The second kappa shape index (κ2) is 7.65. The van der Waals surface area contributed by atoms with Gasteiger partial charge in [0, 0.05) is 6.42 Å². The van der Waals surface area contributed by atoms with Gasteiger partial charge in [-0.15, -0.1) is 11.3 Å². The quantitative estimate of drug-likeness (QED) is 0.510. The first kappa shape index (κ1) is 14.5. The van der Waals surface area contributed by atoms with Crippen molar-refractivity contribution < 1.29 is 4.79 Å². The first-order chi connectivity index (χ1) is 9.29. The summed E-state index contributed by atoms with van der Waals surface area (Å²) in [6.45, 7) is 2.19. The van der Waals surface area contributed by atoms with Gasteiger partial charge in [-0.3, -0.25) is 4.79 Å². The van der Waals surface area contributed by atoms with Gasteiger partial charge < -0.3 is 0 Å². The minimum absolute atomic E-state index is 0.348. The van der Waals surface area contributed by atoms with E-state index in [4.69, 9.17) is 0 Å². The molecule has 2 rings (SSSR count). The summed E-state index contributed by atoms with van der Waals surface area (Å²) in [5.74, 6) is 0.909. The summed E-state index contributed by atoms with van der Waals surface area (Å²) in [5, 5.41) is 0. The molecule has 0 saturated heterocycles. The molecule has 0 saturated carbocycles. The summed E-state index contributed by atoms with van der Waals surface area (Å²) in [7, 11) is 0. The van der Waals surface area contributed by atoms with Crippen molar-refractivity contribution in [3.63, 3.8) is 0 Å². The highest BCUT2D eigenvalue weighted by molar-refractivity contribution is 8.01. The summed E-state index contributed by atoms with van der Waals surface area (Å²) in [5.41, 5.74) is 1.03. The average molecular weight is 293 g/mol. The molecule has 0 N–H and O–H groups in total. The Labute approximate surface area is 122 Å². The van der Waals surface area contributed by atoms with Crippen LogP contribution in [0.3, 0.4) is 0 Å². The van der Waals surface area contributed by atoms with Crippen LogP contribution in [0.4, 0.5) is 0 Å². The van der Waals surface area contributed by atoms with Crippen LogP contribution < -0.4 is 0 Å². The molecular formula is C15H19NOS2. The number of carbonyl (C=O) groups is 1. The van der Waals surface area contributed by atoms with Crippen molar-refractivity contribution in [1.82, 2.24) is 4.98 Å². The van der Waals surface area contributed by atoms with Crippen LogP contribution in [0.5, 0.6) is 0 Å². The number of unbranched alkanes of at least 4 members (excludes halogenated alkanes) is 3. The van der Waals surface area contributed by atoms with Crippen LogP contribution in [0.1, 0.15) is 39.0 Å². The minimum Gasteiger partial charge on any atom is -0.299 e. The van der Waals surface area contributed by atoms with Crippen LogP contribution in [0.2, 0.25) is 0 Å². The van der Waals surface area contributed by atoms with E-state index >= 15 is 0 Å². The number of fused-ring (bicyclic) bond motifs is 1. The van der Waals surface area contributed by atoms with Crippen LogP contribution >= 0.6 is 23.1 Å². The third kappa shape index (κ3) is 4.62. The lowest BCUT2D eigenvalue weighted by Crippen LogP contribution is -2.00.